The molecule has 0 aliphatic rings. The quantitative estimate of drug-likeness (QED) is 0.614. The molecule has 2 aromatic carbocycles. The van der Waals surface area contributed by atoms with E-state index in [0.29, 0.717) is 34.0 Å². The van der Waals surface area contributed by atoms with E-state index in [1.165, 1.54) is 7.11 Å². The van der Waals surface area contributed by atoms with Crippen LogP contribution < -0.4 is 19.6 Å². The van der Waals surface area contributed by atoms with E-state index in [0.717, 1.165) is 0 Å². The first-order chi connectivity index (χ1) is 13.0. The smallest absolute Gasteiger partial charge is 0.343 e. The van der Waals surface area contributed by atoms with E-state index in [4.69, 9.17) is 18.6 Å². The van der Waals surface area contributed by atoms with Gasteiger partial charge in [0.05, 0.1) is 19.6 Å². The van der Waals surface area contributed by atoms with Crippen molar-refractivity contribution >= 4 is 16.9 Å². The SMILES string of the molecule is COC(=O)COc1ccc2c(=O)c(Oc3ccc(OC)cc3)c(C)oc2c1. The van der Waals surface area contributed by atoms with Gasteiger partial charge in [-0.25, -0.2) is 4.79 Å². The van der Waals surface area contributed by atoms with Gasteiger partial charge < -0.3 is 23.4 Å². The van der Waals surface area contributed by atoms with Crippen LogP contribution in [0.2, 0.25) is 0 Å². The summed E-state index contributed by atoms with van der Waals surface area (Å²) in [5.74, 6) is 1.49. The molecule has 0 amide bonds. The molecule has 3 aromatic rings. The van der Waals surface area contributed by atoms with Crippen molar-refractivity contribution in [3.8, 4) is 23.0 Å². The van der Waals surface area contributed by atoms with Gasteiger partial charge in [-0.2, -0.15) is 0 Å². The minimum atomic E-state index is -0.504. The molecular formula is C20H18O7. The standard InChI is InChI=1S/C20H18O7/c1-12-20(27-14-6-4-13(23-2)5-7-14)19(22)16-9-8-15(10-17(16)26-12)25-11-18(21)24-3/h4-10H,11H2,1-3H3. The largest absolute Gasteiger partial charge is 0.497 e. The van der Waals surface area contributed by atoms with E-state index >= 15 is 0 Å². The van der Waals surface area contributed by atoms with Crippen LogP contribution in [0.5, 0.6) is 23.0 Å². The number of ether oxygens (including phenoxy) is 4. The second kappa shape index (κ2) is 7.82. The lowest BCUT2D eigenvalue weighted by atomic mass is 10.2. The predicted octanol–water partition coefficient (Wildman–Crippen LogP) is 3.45. The van der Waals surface area contributed by atoms with Gasteiger partial charge in [0.1, 0.15) is 28.6 Å². The van der Waals surface area contributed by atoms with Gasteiger partial charge in [-0.15, -0.1) is 0 Å². The van der Waals surface area contributed by atoms with Crippen LogP contribution in [-0.2, 0) is 9.53 Å². The lowest BCUT2D eigenvalue weighted by Crippen LogP contribution is -2.12. The van der Waals surface area contributed by atoms with E-state index in [2.05, 4.69) is 4.74 Å². The lowest BCUT2D eigenvalue weighted by Gasteiger charge is -2.10. The number of aryl methyl sites for hydroxylation is 1. The van der Waals surface area contributed by atoms with Crippen molar-refractivity contribution in [3.63, 3.8) is 0 Å². The summed E-state index contributed by atoms with van der Waals surface area (Å²) in [6, 6.07) is 11.6. The minimum absolute atomic E-state index is 0.107. The van der Waals surface area contributed by atoms with Crippen molar-refractivity contribution in [1.29, 1.82) is 0 Å². The lowest BCUT2D eigenvalue weighted by molar-refractivity contribution is -0.142. The third-order valence-electron chi connectivity index (χ3n) is 3.85. The Morgan fingerprint density at radius 2 is 1.67 bits per heavy atom. The third kappa shape index (κ3) is 4.03. The summed E-state index contributed by atoms with van der Waals surface area (Å²) in [6.07, 6.45) is 0. The molecule has 0 saturated carbocycles. The number of fused-ring (bicyclic) bond motifs is 1. The van der Waals surface area contributed by atoms with Gasteiger partial charge in [0.25, 0.3) is 0 Å². The van der Waals surface area contributed by atoms with Crippen molar-refractivity contribution < 1.29 is 28.2 Å². The van der Waals surface area contributed by atoms with Gasteiger partial charge in [0, 0.05) is 6.07 Å². The molecule has 1 aromatic heterocycles. The van der Waals surface area contributed by atoms with Crippen LogP contribution >= 0.6 is 0 Å². The highest BCUT2D eigenvalue weighted by Gasteiger charge is 2.15. The molecule has 0 N–H and O–H groups in total. The molecule has 0 aliphatic carbocycles. The summed E-state index contributed by atoms with van der Waals surface area (Å²) in [4.78, 5) is 23.9. The fraction of sp³-hybridized carbons (Fsp3) is 0.200. The number of esters is 1. The van der Waals surface area contributed by atoms with Crippen molar-refractivity contribution in [2.24, 2.45) is 0 Å². The van der Waals surface area contributed by atoms with Gasteiger partial charge in [-0.1, -0.05) is 0 Å². The fourth-order valence-electron chi connectivity index (χ4n) is 2.44. The van der Waals surface area contributed by atoms with Crippen molar-refractivity contribution in [2.45, 2.75) is 6.92 Å². The van der Waals surface area contributed by atoms with Crippen LogP contribution in [0.15, 0.2) is 51.7 Å². The molecule has 140 valence electrons. The van der Waals surface area contributed by atoms with E-state index in [9.17, 15) is 9.59 Å². The van der Waals surface area contributed by atoms with E-state index in [1.807, 2.05) is 0 Å². The fourth-order valence-corrected chi connectivity index (χ4v) is 2.44. The second-order valence-electron chi connectivity index (χ2n) is 5.62. The first-order valence-electron chi connectivity index (χ1n) is 8.11. The van der Waals surface area contributed by atoms with Crippen molar-refractivity contribution in [1.82, 2.24) is 0 Å². The number of carbonyl (C=O) groups is 1. The van der Waals surface area contributed by atoms with Crippen LogP contribution in [-0.4, -0.2) is 26.8 Å². The van der Waals surface area contributed by atoms with Crippen molar-refractivity contribution in [3.05, 3.63) is 58.4 Å². The van der Waals surface area contributed by atoms with E-state index in [-0.39, 0.29) is 17.8 Å². The molecule has 0 aliphatic heterocycles. The summed E-state index contributed by atoms with van der Waals surface area (Å²) >= 11 is 0. The topological polar surface area (TPSA) is 84.2 Å². The molecule has 27 heavy (non-hydrogen) atoms. The Balaban J connectivity index is 1.91. The number of hydrogen-bond donors (Lipinski definition) is 0. The minimum Gasteiger partial charge on any atom is -0.497 e. The number of hydrogen-bond acceptors (Lipinski definition) is 7. The Labute approximate surface area is 155 Å². The number of carbonyl (C=O) groups excluding carboxylic acids is 1. The maximum atomic E-state index is 12.8. The maximum absolute atomic E-state index is 12.8. The molecular weight excluding hydrogens is 352 g/mol. The first kappa shape index (κ1) is 18.3. The van der Waals surface area contributed by atoms with Gasteiger partial charge in [0.15, 0.2) is 6.61 Å². The predicted molar refractivity (Wildman–Crippen MR) is 97.8 cm³/mol. The Morgan fingerprint density at radius 1 is 1.00 bits per heavy atom. The van der Waals surface area contributed by atoms with Gasteiger partial charge in [-0.05, 0) is 43.3 Å². The van der Waals surface area contributed by atoms with Crippen LogP contribution in [0.3, 0.4) is 0 Å². The average molecular weight is 370 g/mol. The average Bonchev–Trinajstić information content (AvgIpc) is 2.69. The first-order valence-corrected chi connectivity index (χ1v) is 8.11. The maximum Gasteiger partial charge on any atom is 0.343 e. The van der Waals surface area contributed by atoms with Crippen molar-refractivity contribution in [2.75, 3.05) is 20.8 Å². The zero-order valence-electron chi connectivity index (χ0n) is 15.1. The number of methoxy groups -OCH3 is 2. The van der Waals surface area contributed by atoms with Gasteiger partial charge in [0.2, 0.25) is 11.2 Å². The molecule has 0 fully saturated rings. The number of rotatable bonds is 6. The van der Waals surface area contributed by atoms with Crippen LogP contribution in [0.4, 0.5) is 0 Å². The molecule has 0 radical (unpaired) electrons. The van der Waals surface area contributed by atoms with E-state index in [1.54, 1.807) is 56.5 Å². The third-order valence-corrected chi connectivity index (χ3v) is 3.85. The van der Waals surface area contributed by atoms with Crippen LogP contribution in [0, 0.1) is 6.92 Å². The molecule has 0 saturated heterocycles. The van der Waals surface area contributed by atoms with Crippen LogP contribution in [0.1, 0.15) is 5.76 Å². The summed E-state index contributed by atoms with van der Waals surface area (Å²) in [5, 5.41) is 0.342. The molecule has 0 spiro atoms. The molecule has 7 nitrogen and oxygen atoms in total. The normalized spacial score (nSPS) is 10.5. The molecule has 7 heteroatoms. The molecule has 1 heterocycles. The molecule has 0 unspecified atom stereocenters. The van der Waals surface area contributed by atoms with Gasteiger partial charge >= 0.3 is 5.97 Å². The zero-order chi connectivity index (χ0) is 19.4. The Morgan fingerprint density at radius 3 is 2.33 bits per heavy atom. The summed E-state index contributed by atoms with van der Waals surface area (Å²) in [7, 11) is 2.85. The zero-order valence-corrected chi connectivity index (χ0v) is 15.1. The molecule has 0 bridgehead atoms. The number of benzene rings is 2. The Bertz CT molecular complexity index is 1020. The summed E-state index contributed by atoms with van der Waals surface area (Å²) in [5.41, 5.74) is 0.0334. The van der Waals surface area contributed by atoms with Crippen LogP contribution in [0.25, 0.3) is 11.0 Å². The highest BCUT2D eigenvalue weighted by molar-refractivity contribution is 5.80. The highest BCUT2D eigenvalue weighted by Crippen LogP contribution is 2.28. The van der Waals surface area contributed by atoms with Gasteiger partial charge in [-0.3, -0.25) is 4.79 Å². The summed E-state index contributed by atoms with van der Waals surface area (Å²) < 4.78 is 26.4. The second-order valence-corrected chi connectivity index (χ2v) is 5.62. The molecule has 3 rings (SSSR count). The molecule has 0 atom stereocenters. The Hall–Kier alpha value is -3.48. The Kier molecular flexibility index (Phi) is 5.30. The highest BCUT2D eigenvalue weighted by atomic mass is 16.6. The monoisotopic (exact) mass is 370 g/mol. The van der Waals surface area contributed by atoms with E-state index < -0.39 is 5.97 Å². The summed E-state index contributed by atoms with van der Waals surface area (Å²) in [6.45, 7) is 1.41.